The maximum absolute atomic E-state index is 12.0. The summed E-state index contributed by atoms with van der Waals surface area (Å²) >= 11 is 0. The van der Waals surface area contributed by atoms with E-state index in [4.69, 9.17) is 24.5 Å². The molecule has 0 radical (unpaired) electrons. The number of rotatable bonds is 14. The molecule has 19 heteroatoms. The number of carbonyl (C=O) groups is 2. The van der Waals surface area contributed by atoms with Gasteiger partial charge in [-0.15, -0.1) is 0 Å². The van der Waals surface area contributed by atoms with E-state index in [2.05, 4.69) is 26.0 Å². The largest absolute Gasteiger partial charge is 0.394 e. The molecule has 2 rings (SSSR count). The van der Waals surface area contributed by atoms with Gasteiger partial charge in [0.25, 0.3) is 0 Å². The van der Waals surface area contributed by atoms with Crippen molar-refractivity contribution in [1.82, 2.24) is 16.0 Å². The Balaban J connectivity index is 2.56. The first-order chi connectivity index (χ1) is 20.2. The maximum Gasteiger partial charge on any atom is 0.217 e. The van der Waals surface area contributed by atoms with Crippen molar-refractivity contribution < 1.29 is 64.3 Å². The zero-order valence-electron chi connectivity index (χ0n) is 24.5. The first kappa shape index (κ1) is 37.0. The monoisotopic (exact) mass is 624 g/mol. The highest BCUT2D eigenvalue weighted by molar-refractivity contribution is 5.74. The number of aliphatic hydroxyl groups excluding tert-OH is 6. The summed E-state index contributed by atoms with van der Waals surface area (Å²) in [5.41, 5.74) is 6.88. The highest BCUT2D eigenvalue weighted by Gasteiger charge is 2.55. The van der Waals surface area contributed by atoms with E-state index in [9.17, 15) is 45.3 Å². The minimum atomic E-state index is -2.08. The van der Waals surface area contributed by atoms with Gasteiger partial charge >= 0.3 is 0 Å². The quantitative estimate of drug-likeness (QED) is 0.0376. The van der Waals surface area contributed by atoms with E-state index in [-0.39, 0.29) is 6.42 Å². The molecule has 0 bridgehead atoms. The maximum atomic E-state index is 12.0. The van der Waals surface area contributed by atoms with Crippen LogP contribution in [0.3, 0.4) is 0 Å². The zero-order chi connectivity index (χ0) is 32.6. The van der Waals surface area contributed by atoms with Crippen molar-refractivity contribution in [1.29, 1.82) is 0 Å². The number of nitrogens with zero attached hydrogens (tertiary/aromatic N) is 3. The van der Waals surface area contributed by atoms with Crippen LogP contribution in [-0.4, -0.2) is 160 Å². The summed E-state index contributed by atoms with van der Waals surface area (Å²) in [6.07, 6.45) is -16.3. The predicted octanol–water partition coefficient (Wildman–Crippen LogP) is -4.69. The van der Waals surface area contributed by atoms with Gasteiger partial charge < -0.3 is 70.6 Å². The summed E-state index contributed by atoms with van der Waals surface area (Å²) in [5.74, 6) is -1.29. The van der Waals surface area contributed by atoms with E-state index < -0.39 is 110 Å². The lowest BCUT2D eigenvalue weighted by Gasteiger charge is -2.49. The van der Waals surface area contributed by atoms with Crippen molar-refractivity contribution in [3.8, 4) is 0 Å². The van der Waals surface area contributed by atoms with Crippen LogP contribution in [-0.2, 0) is 28.5 Å². The summed E-state index contributed by atoms with van der Waals surface area (Å²) < 4.78 is 23.2. The Kier molecular flexibility index (Phi) is 13.9. The molecule has 0 aromatic rings. The predicted molar refractivity (Wildman–Crippen MR) is 144 cm³/mol. The molecule has 0 spiro atoms. The molecule has 19 nitrogen and oxygen atoms in total. The summed E-state index contributed by atoms with van der Waals surface area (Å²) in [6, 6.07) is -3.98. The van der Waals surface area contributed by atoms with Crippen molar-refractivity contribution >= 4 is 11.8 Å². The minimum absolute atomic E-state index is 0.149. The van der Waals surface area contributed by atoms with Crippen LogP contribution in [0.2, 0.25) is 0 Å². The second kappa shape index (κ2) is 16.2. The summed E-state index contributed by atoms with van der Waals surface area (Å²) in [4.78, 5) is 26.4. The fourth-order valence-corrected chi connectivity index (χ4v) is 5.27. The van der Waals surface area contributed by atoms with Crippen LogP contribution in [0, 0.1) is 0 Å². The van der Waals surface area contributed by atoms with Crippen LogP contribution in [0.1, 0.15) is 27.2 Å². The molecule has 0 aromatic heterocycles. The van der Waals surface area contributed by atoms with Gasteiger partial charge in [-0.25, -0.2) is 0 Å². The SMILES string of the molecule is CCC(O)(CN=[N+]=[N-])[C@H](OC1OC(CO)C(O)C(O)C1NC)C(OC)OC1C(O)C(O)C(NC(C)=O)C(O)C1NC(C)=O. The number of ether oxygens (including phenoxy) is 4. The van der Waals surface area contributed by atoms with Crippen LogP contribution in [0.15, 0.2) is 5.11 Å². The van der Waals surface area contributed by atoms with Gasteiger partial charge in [-0.05, 0) is 19.0 Å². The molecule has 1 heterocycles. The highest BCUT2D eigenvalue weighted by atomic mass is 16.7. The molecule has 10 N–H and O–H groups in total. The van der Waals surface area contributed by atoms with Gasteiger partial charge in [0.1, 0.15) is 48.3 Å². The molecule has 2 amide bonds. The van der Waals surface area contributed by atoms with Gasteiger partial charge in [-0.1, -0.05) is 12.0 Å². The van der Waals surface area contributed by atoms with Crippen LogP contribution in [0.25, 0.3) is 10.4 Å². The minimum Gasteiger partial charge on any atom is -0.394 e. The van der Waals surface area contributed by atoms with E-state index in [1.165, 1.54) is 14.0 Å². The molecule has 1 aliphatic heterocycles. The molecule has 13 unspecified atom stereocenters. The van der Waals surface area contributed by atoms with E-state index in [1.807, 2.05) is 0 Å². The lowest BCUT2D eigenvalue weighted by atomic mass is 9.81. The van der Waals surface area contributed by atoms with Crippen molar-refractivity contribution in [3.05, 3.63) is 10.4 Å². The highest BCUT2D eigenvalue weighted by Crippen LogP contribution is 2.33. The second-order valence-corrected chi connectivity index (χ2v) is 10.6. The lowest BCUT2D eigenvalue weighted by Crippen LogP contribution is -2.73. The van der Waals surface area contributed by atoms with E-state index in [0.717, 1.165) is 21.0 Å². The number of likely N-dealkylation sites (N-methyl/N-ethyl adjacent to an activating group) is 1. The number of methoxy groups -OCH3 is 1. The van der Waals surface area contributed by atoms with Gasteiger partial charge in [0.15, 0.2) is 12.6 Å². The van der Waals surface area contributed by atoms with Gasteiger partial charge in [0.05, 0.1) is 37.4 Å². The zero-order valence-corrected chi connectivity index (χ0v) is 24.5. The Hall–Kier alpha value is -2.23. The number of aliphatic hydroxyl groups is 7. The molecule has 0 aromatic carbocycles. The van der Waals surface area contributed by atoms with Crippen molar-refractivity contribution in [2.45, 2.75) is 112 Å². The molecule has 43 heavy (non-hydrogen) atoms. The fraction of sp³-hybridized carbons (Fsp3) is 0.917. The van der Waals surface area contributed by atoms with E-state index in [0.29, 0.717) is 0 Å². The Labute approximate surface area is 247 Å². The van der Waals surface area contributed by atoms with E-state index in [1.54, 1.807) is 0 Å². The Bertz CT molecular complexity index is 976. The number of hydrogen-bond donors (Lipinski definition) is 10. The standard InChI is InChI=1S/C24H44N6O13/c1-6-24(39,8-27-30-25)21(43-22-14(26-4)18(37)15(34)11(7-31)41-22)23(40-5)42-20-13(29-10(3)33)16(35)12(28-9(2)32)17(36)19(20)38/h11-23,26,31,34-39H,6-8H2,1-5H3,(H,28,32)(H,29,33)/t11?,12?,13?,14?,15?,16?,17?,18?,19?,20?,21-,22?,23?,24?/m1/s1. The molecule has 1 aliphatic carbocycles. The topological polar surface area (TPSA) is 298 Å². The van der Waals surface area contributed by atoms with Crippen molar-refractivity contribution in [2.24, 2.45) is 5.11 Å². The average Bonchev–Trinajstić information content (AvgIpc) is 2.97. The van der Waals surface area contributed by atoms with Crippen molar-refractivity contribution in [3.63, 3.8) is 0 Å². The second-order valence-electron chi connectivity index (χ2n) is 10.6. The summed E-state index contributed by atoms with van der Waals surface area (Å²) in [5, 5.41) is 86.0. The Morgan fingerprint density at radius 3 is 2.05 bits per heavy atom. The number of carbonyl (C=O) groups excluding carboxylic acids is 2. The van der Waals surface area contributed by atoms with Gasteiger partial charge in [-0.3, -0.25) is 9.59 Å². The summed E-state index contributed by atoms with van der Waals surface area (Å²) in [7, 11) is 2.56. The molecule has 1 saturated heterocycles. The molecule has 1 saturated carbocycles. The van der Waals surface area contributed by atoms with Crippen LogP contribution in [0.4, 0.5) is 0 Å². The number of azide groups is 1. The molecule has 14 atom stereocenters. The number of hydrogen-bond acceptors (Lipinski definition) is 15. The van der Waals surface area contributed by atoms with Gasteiger partial charge in [0.2, 0.25) is 11.8 Å². The molecular weight excluding hydrogens is 580 g/mol. The molecule has 248 valence electrons. The lowest BCUT2D eigenvalue weighted by molar-refractivity contribution is -0.341. The first-order valence-corrected chi connectivity index (χ1v) is 13.7. The number of nitrogens with one attached hydrogen (secondary N) is 3. The van der Waals surface area contributed by atoms with Crippen molar-refractivity contribution in [2.75, 3.05) is 27.3 Å². The molecule has 2 fully saturated rings. The first-order valence-electron chi connectivity index (χ1n) is 13.7. The summed E-state index contributed by atoms with van der Waals surface area (Å²) in [6.45, 7) is 2.46. The smallest absolute Gasteiger partial charge is 0.217 e. The molecule has 2 aliphatic rings. The average molecular weight is 625 g/mol. The Morgan fingerprint density at radius 2 is 1.56 bits per heavy atom. The van der Waals surface area contributed by atoms with Gasteiger partial charge in [-0.2, -0.15) is 0 Å². The third-order valence-corrected chi connectivity index (χ3v) is 7.70. The third kappa shape index (κ3) is 8.49. The van der Waals surface area contributed by atoms with Gasteiger partial charge in [0, 0.05) is 25.9 Å². The van der Waals surface area contributed by atoms with Crippen LogP contribution in [0.5, 0.6) is 0 Å². The normalized spacial score (nSPS) is 37.3. The van der Waals surface area contributed by atoms with E-state index >= 15 is 0 Å². The fourth-order valence-electron chi connectivity index (χ4n) is 5.27. The third-order valence-electron chi connectivity index (χ3n) is 7.70. The Morgan fingerprint density at radius 1 is 0.977 bits per heavy atom. The van der Waals surface area contributed by atoms with Crippen LogP contribution >= 0.6 is 0 Å². The number of amides is 2. The van der Waals surface area contributed by atoms with Crippen LogP contribution < -0.4 is 16.0 Å². The molecular formula is C24H44N6O13.